The molecule has 4 rings (SSSR count). The van der Waals surface area contributed by atoms with Crippen LogP contribution in [-0.2, 0) is 14.8 Å². The van der Waals surface area contributed by atoms with Gasteiger partial charge in [0.05, 0.1) is 5.92 Å². The Morgan fingerprint density at radius 2 is 1.97 bits per heavy atom. The molecule has 2 heterocycles. The maximum atomic E-state index is 13.6. The number of sulfonamides is 1. The van der Waals surface area contributed by atoms with Crippen LogP contribution in [0.5, 0.6) is 0 Å². The first-order valence-electron chi connectivity index (χ1n) is 12.5. The number of aromatic nitrogens is 1. The van der Waals surface area contributed by atoms with E-state index in [1.54, 1.807) is 13.0 Å². The molecule has 1 fully saturated rings. The third-order valence-corrected chi connectivity index (χ3v) is 8.84. The quantitative estimate of drug-likeness (QED) is 0.525. The molecule has 0 spiro atoms. The van der Waals surface area contributed by atoms with Crippen LogP contribution < -0.4 is 5.32 Å². The van der Waals surface area contributed by atoms with Crippen molar-refractivity contribution in [2.45, 2.75) is 63.7 Å². The summed E-state index contributed by atoms with van der Waals surface area (Å²) < 4.78 is 34.0. The van der Waals surface area contributed by atoms with Crippen LogP contribution >= 0.6 is 0 Å². The van der Waals surface area contributed by atoms with Crippen molar-refractivity contribution < 1.29 is 17.7 Å². The summed E-state index contributed by atoms with van der Waals surface area (Å²) in [6.07, 6.45) is 12.7. The van der Waals surface area contributed by atoms with Gasteiger partial charge in [0.25, 0.3) is 0 Å². The number of allylic oxidation sites excluding steroid dienone is 1. The van der Waals surface area contributed by atoms with Crippen LogP contribution in [0, 0.1) is 19.8 Å². The zero-order valence-electron chi connectivity index (χ0n) is 20.6. The van der Waals surface area contributed by atoms with Gasteiger partial charge in [-0.2, -0.15) is 4.31 Å². The second kappa shape index (κ2) is 11.4. The number of hydrogen-bond donors (Lipinski definition) is 1. The van der Waals surface area contributed by atoms with E-state index in [-0.39, 0.29) is 29.0 Å². The van der Waals surface area contributed by atoms with E-state index in [0.717, 1.165) is 30.4 Å². The highest BCUT2D eigenvalue weighted by Crippen LogP contribution is 2.29. The van der Waals surface area contributed by atoms with Crippen molar-refractivity contribution in [1.82, 2.24) is 14.8 Å². The van der Waals surface area contributed by atoms with Gasteiger partial charge >= 0.3 is 0 Å². The highest BCUT2D eigenvalue weighted by Gasteiger charge is 2.36. The largest absolute Gasteiger partial charge is 0.356 e. The number of rotatable bonds is 8. The number of nitrogens with zero attached hydrogens (tertiary/aromatic N) is 2. The van der Waals surface area contributed by atoms with Gasteiger partial charge < -0.3 is 9.84 Å². The number of piperidine rings is 1. The van der Waals surface area contributed by atoms with Gasteiger partial charge in [0.15, 0.2) is 10.7 Å². The van der Waals surface area contributed by atoms with E-state index in [2.05, 4.69) is 16.5 Å². The zero-order chi connectivity index (χ0) is 24.8. The summed E-state index contributed by atoms with van der Waals surface area (Å²) in [5, 5.41) is 6.95. The molecule has 0 bridgehead atoms. The Labute approximate surface area is 208 Å². The highest BCUT2D eigenvalue weighted by atomic mass is 32.2. The number of carbonyl (C=O) groups excluding carboxylic acids is 1. The minimum absolute atomic E-state index is 0.0668. The van der Waals surface area contributed by atoms with Gasteiger partial charge in [-0.25, -0.2) is 8.42 Å². The van der Waals surface area contributed by atoms with E-state index in [1.165, 1.54) is 22.7 Å². The van der Waals surface area contributed by atoms with Crippen LogP contribution in [0.1, 0.15) is 67.5 Å². The summed E-state index contributed by atoms with van der Waals surface area (Å²) in [6, 6.07) is 7.91. The van der Waals surface area contributed by atoms with Crippen LogP contribution in [0.3, 0.4) is 0 Å². The molecular weight excluding hydrogens is 462 g/mol. The molecule has 0 saturated carbocycles. The minimum Gasteiger partial charge on any atom is -0.356 e. The van der Waals surface area contributed by atoms with Crippen molar-refractivity contribution in [1.29, 1.82) is 0 Å². The molecule has 1 aromatic heterocycles. The summed E-state index contributed by atoms with van der Waals surface area (Å²) in [4.78, 5) is 12.9. The molecule has 1 N–H and O–H groups in total. The number of carbonyl (C=O) groups is 1. The molecule has 0 unspecified atom stereocenters. The van der Waals surface area contributed by atoms with E-state index in [4.69, 9.17) is 4.52 Å². The number of aryl methyl sites for hydroxylation is 2. The zero-order valence-corrected chi connectivity index (χ0v) is 21.4. The first kappa shape index (κ1) is 25.4. The smallest absolute Gasteiger partial charge is 0.248 e. The third kappa shape index (κ3) is 6.30. The lowest BCUT2D eigenvalue weighted by molar-refractivity contribution is -0.126. The molecule has 1 aromatic carbocycles. The van der Waals surface area contributed by atoms with Crippen LogP contribution in [0.4, 0.5) is 0 Å². The molecule has 1 atom stereocenters. The van der Waals surface area contributed by atoms with Crippen molar-refractivity contribution >= 4 is 28.1 Å². The summed E-state index contributed by atoms with van der Waals surface area (Å²) in [7, 11) is -3.86. The van der Waals surface area contributed by atoms with Gasteiger partial charge in [-0.15, -0.1) is 0 Å². The highest BCUT2D eigenvalue weighted by molar-refractivity contribution is 7.89. The Hall–Kier alpha value is -2.71. The van der Waals surface area contributed by atoms with Crippen LogP contribution in [0.15, 0.2) is 45.3 Å². The number of nitrogens with one attached hydrogen (secondary N) is 1. The summed E-state index contributed by atoms with van der Waals surface area (Å²) in [6.45, 7) is 4.80. The third-order valence-electron chi connectivity index (χ3n) is 6.82. The fourth-order valence-corrected chi connectivity index (χ4v) is 6.55. The fraction of sp³-hybridized carbons (Fsp3) is 0.481. The van der Waals surface area contributed by atoms with Crippen molar-refractivity contribution in [2.75, 3.05) is 19.6 Å². The molecule has 1 amide bonds. The SMILES string of the molecule is Cc1ccc(/C=C/c2onc(C)c2S(=O)(=O)N2CCC[C@H](C(=O)NCCC3=CCCCC3)C2)cc1. The lowest BCUT2D eigenvalue weighted by Crippen LogP contribution is -2.45. The lowest BCUT2D eigenvalue weighted by atomic mass is 9.96. The van der Waals surface area contributed by atoms with Gasteiger partial charge in [-0.3, -0.25) is 4.79 Å². The molecule has 2 aliphatic rings. The Bertz CT molecular complexity index is 1200. The second-order valence-corrected chi connectivity index (χ2v) is 11.4. The van der Waals surface area contributed by atoms with Gasteiger partial charge in [0, 0.05) is 19.6 Å². The average Bonchev–Trinajstić information content (AvgIpc) is 3.25. The Balaban J connectivity index is 1.42. The van der Waals surface area contributed by atoms with Crippen molar-refractivity contribution in [3.05, 3.63) is 58.5 Å². The van der Waals surface area contributed by atoms with Gasteiger partial charge in [-0.1, -0.05) is 52.7 Å². The van der Waals surface area contributed by atoms with Crippen LogP contribution in [0.25, 0.3) is 12.2 Å². The normalized spacial score (nSPS) is 19.6. The predicted molar refractivity (Wildman–Crippen MR) is 137 cm³/mol. The molecule has 1 saturated heterocycles. The standard InChI is InChI=1S/C27H35N3O4S/c1-20-10-12-23(13-11-20)14-15-25-26(21(2)29-34-25)35(32,33)30-18-6-9-24(19-30)27(31)28-17-16-22-7-4-3-5-8-22/h7,10-15,24H,3-6,8-9,16-19H2,1-2H3,(H,28,31)/b15-14+/t24-/m0/s1. The molecule has 35 heavy (non-hydrogen) atoms. The number of amides is 1. The number of benzene rings is 1. The van der Waals surface area contributed by atoms with E-state index < -0.39 is 10.0 Å². The van der Waals surface area contributed by atoms with Gasteiger partial charge in [0.2, 0.25) is 15.9 Å². The second-order valence-electron chi connectivity index (χ2n) is 9.56. The first-order chi connectivity index (χ1) is 16.8. The summed E-state index contributed by atoms with van der Waals surface area (Å²) >= 11 is 0. The van der Waals surface area contributed by atoms with Crippen LogP contribution in [-0.4, -0.2) is 43.4 Å². The summed E-state index contributed by atoms with van der Waals surface area (Å²) in [5.74, 6) is -0.219. The van der Waals surface area contributed by atoms with Crippen molar-refractivity contribution in [3.8, 4) is 0 Å². The Morgan fingerprint density at radius 1 is 1.17 bits per heavy atom. The van der Waals surface area contributed by atoms with E-state index in [9.17, 15) is 13.2 Å². The van der Waals surface area contributed by atoms with Crippen molar-refractivity contribution in [3.63, 3.8) is 0 Å². The summed E-state index contributed by atoms with van der Waals surface area (Å²) in [5.41, 5.74) is 3.82. The topological polar surface area (TPSA) is 92.5 Å². The lowest BCUT2D eigenvalue weighted by Gasteiger charge is -2.31. The molecule has 2 aromatic rings. The first-order valence-corrected chi connectivity index (χ1v) is 14.0. The maximum Gasteiger partial charge on any atom is 0.248 e. The van der Waals surface area contributed by atoms with E-state index >= 15 is 0 Å². The fourth-order valence-electron chi connectivity index (χ4n) is 4.77. The maximum absolute atomic E-state index is 13.6. The average molecular weight is 498 g/mol. The van der Waals surface area contributed by atoms with E-state index in [1.807, 2.05) is 37.3 Å². The van der Waals surface area contributed by atoms with E-state index in [0.29, 0.717) is 31.6 Å². The number of hydrogen-bond acceptors (Lipinski definition) is 5. The molecule has 0 radical (unpaired) electrons. The monoisotopic (exact) mass is 497 g/mol. The Morgan fingerprint density at radius 3 is 2.71 bits per heavy atom. The predicted octanol–water partition coefficient (Wildman–Crippen LogP) is 4.87. The molecule has 1 aliphatic carbocycles. The minimum atomic E-state index is -3.86. The molecule has 7 nitrogen and oxygen atoms in total. The molecule has 1 aliphatic heterocycles. The Kier molecular flexibility index (Phi) is 8.23. The molecular formula is C27H35N3O4S. The molecule has 188 valence electrons. The van der Waals surface area contributed by atoms with Crippen molar-refractivity contribution in [2.24, 2.45) is 5.92 Å². The molecule has 8 heteroatoms. The van der Waals surface area contributed by atoms with Gasteiger partial charge in [-0.05, 0) is 70.4 Å². The van der Waals surface area contributed by atoms with Gasteiger partial charge in [0.1, 0.15) is 5.69 Å². The van der Waals surface area contributed by atoms with Crippen LogP contribution in [0.2, 0.25) is 0 Å².